The van der Waals surface area contributed by atoms with Gasteiger partial charge in [0.15, 0.2) is 0 Å². The number of rotatable bonds is 4. The maximum Gasteiger partial charge on any atom is 0.226 e. The Balaban J connectivity index is 1.97. The number of hydrogen-bond acceptors (Lipinski definition) is 3. The number of carbonyl (C=O) groups is 1. The fraction of sp³-hybridized carbons (Fsp3) is 0.933. The Bertz CT molecular complexity index is 309. The Morgan fingerprint density at radius 2 is 2.11 bits per heavy atom. The maximum atomic E-state index is 12.7. The Kier molecular flexibility index (Phi) is 5.22. The molecule has 4 atom stereocenters. The van der Waals surface area contributed by atoms with Crippen molar-refractivity contribution in [1.29, 1.82) is 0 Å². The van der Waals surface area contributed by atoms with Gasteiger partial charge in [0.25, 0.3) is 0 Å². The molecule has 4 heteroatoms. The van der Waals surface area contributed by atoms with Crippen molar-refractivity contribution in [3.8, 4) is 0 Å². The second kappa shape index (κ2) is 6.71. The van der Waals surface area contributed by atoms with Crippen molar-refractivity contribution in [2.45, 2.75) is 64.0 Å². The Hall–Kier alpha value is -0.610. The maximum absolute atomic E-state index is 12.7. The lowest BCUT2D eigenvalue weighted by molar-refractivity contribution is -0.139. The van der Waals surface area contributed by atoms with Crippen LogP contribution in [0.25, 0.3) is 0 Å². The van der Waals surface area contributed by atoms with Crippen molar-refractivity contribution < 1.29 is 9.90 Å². The number of aliphatic hydroxyl groups is 1. The lowest BCUT2D eigenvalue weighted by Gasteiger charge is -2.37. The van der Waals surface area contributed by atoms with E-state index in [0.717, 1.165) is 51.5 Å². The molecule has 0 spiro atoms. The van der Waals surface area contributed by atoms with Crippen LogP contribution in [0.1, 0.15) is 51.9 Å². The molecule has 2 aliphatic rings. The summed E-state index contributed by atoms with van der Waals surface area (Å²) < 4.78 is 0. The van der Waals surface area contributed by atoms with Crippen LogP contribution in [0.5, 0.6) is 0 Å². The second-order valence-electron chi connectivity index (χ2n) is 6.25. The summed E-state index contributed by atoms with van der Waals surface area (Å²) >= 11 is 0. The Morgan fingerprint density at radius 1 is 1.32 bits per heavy atom. The van der Waals surface area contributed by atoms with E-state index in [9.17, 15) is 4.79 Å². The van der Waals surface area contributed by atoms with Gasteiger partial charge in [0.1, 0.15) is 0 Å². The molecular formula is C15H28N2O2. The van der Waals surface area contributed by atoms with E-state index in [1.54, 1.807) is 0 Å². The molecule has 1 amide bonds. The molecule has 0 radical (unpaired) electrons. The van der Waals surface area contributed by atoms with Gasteiger partial charge >= 0.3 is 0 Å². The van der Waals surface area contributed by atoms with E-state index in [1.165, 1.54) is 0 Å². The number of nitrogens with zero attached hydrogens (tertiary/aromatic N) is 1. The van der Waals surface area contributed by atoms with Crippen LogP contribution >= 0.6 is 0 Å². The summed E-state index contributed by atoms with van der Waals surface area (Å²) in [5.41, 5.74) is 6.12. The summed E-state index contributed by atoms with van der Waals surface area (Å²) in [5, 5.41) is 8.96. The van der Waals surface area contributed by atoms with Crippen molar-refractivity contribution in [1.82, 2.24) is 4.90 Å². The third-order valence-electron chi connectivity index (χ3n) is 5.04. The lowest BCUT2D eigenvalue weighted by Crippen LogP contribution is -2.47. The van der Waals surface area contributed by atoms with Crippen molar-refractivity contribution in [2.24, 2.45) is 17.6 Å². The highest BCUT2D eigenvalue weighted by Crippen LogP contribution is 2.33. The van der Waals surface area contributed by atoms with Crippen LogP contribution in [0, 0.1) is 11.8 Å². The smallest absolute Gasteiger partial charge is 0.226 e. The van der Waals surface area contributed by atoms with E-state index < -0.39 is 0 Å². The Labute approximate surface area is 116 Å². The first-order chi connectivity index (χ1) is 9.15. The van der Waals surface area contributed by atoms with Gasteiger partial charge in [-0.1, -0.05) is 13.3 Å². The van der Waals surface area contributed by atoms with Crippen LogP contribution in [0.4, 0.5) is 0 Å². The summed E-state index contributed by atoms with van der Waals surface area (Å²) in [6.07, 6.45) is 7.07. The highest BCUT2D eigenvalue weighted by Gasteiger charge is 2.38. The number of amides is 1. The predicted octanol–water partition coefficient (Wildman–Crippen LogP) is 1.51. The van der Waals surface area contributed by atoms with Crippen molar-refractivity contribution in [2.75, 3.05) is 13.2 Å². The first-order valence-corrected chi connectivity index (χ1v) is 7.82. The summed E-state index contributed by atoms with van der Waals surface area (Å²) in [5.74, 6) is 0.752. The zero-order valence-electron chi connectivity index (χ0n) is 12.1. The molecule has 2 rings (SSSR count). The van der Waals surface area contributed by atoms with Crippen molar-refractivity contribution >= 4 is 5.91 Å². The molecule has 19 heavy (non-hydrogen) atoms. The van der Waals surface area contributed by atoms with Crippen LogP contribution < -0.4 is 5.73 Å². The minimum Gasteiger partial charge on any atom is -0.396 e. The largest absolute Gasteiger partial charge is 0.396 e. The molecule has 1 aliphatic heterocycles. The van der Waals surface area contributed by atoms with Gasteiger partial charge < -0.3 is 15.7 Å². The molecular weight excluding hydrogens is 240 g/mol. The number of nitrogens with two attached hydrogens (primary N) is 1. The molecule has 0 bridgehead atoms. The highest BCUT2D eigenvalue weighted by molar-refractivity contribution is 5.80. The van der Waals surface area contributed by atoms with Gasteiger partial charge in [-0.25, -0.2) is 0 Å². The van der Waals surface area contributed by atoms with E-state index in [2.05, 4.69) is 11.8 Å². The molecule has 1 saturated heterocycles. The third-order valence-corrected chi connectivity index (χ3v) is 5.04. The van der Waals surface area contributed by atoms with Gasteiger partial charge in [0.2, 0.25) is 5.91 Å². The van der Waals surface area contributed by atoms with Crippen LogP contribution in [0.15, 0.2) is 0 Å². The molecule has 0 aromatic rings. The third kappa shape index (κ3) is 3.29. The number of carbonyl (C=O) groups excluding carboxylic acids is 1. The van der Waals surface area contributed by atoms with Gasteiger partial charge in [0.05, 0.1) is 0 Å². The molecule has 0 aromatic carbocycles. The van der Waals surface area contributed by atoms with E-state index >= 15 is 0 Å². The summed E-state index contributed by atoms with van der Waals surface area (Å²) in [7, 11) is 0. The standard InChI is InChI=1S/C15H28N2O2/c1-11-13(7-2-8-14(11)16)15(19)17-9-3-5-12(17)6-4-10-18/h11-14,18H,2-10,16H2,1H3. The molecule has 1 saturated carbocycles. The van der Waals surface area contributed by atoms with E-state index in [-0.39, 0.29) is 18.6 Å². The monoisotopic (exact) mass is 268 g/mol. The minimum atomic E-state index is 0.124. The van der Waals surface area contributed by atoms with Crippen molar-refractivity contribution in [3.63, 3.8) is 0 Å². The fourth-order valence-corrected chi connectivity index (χ4v) is 3.71. The first-order valence-electron chi connectivity index (χ1n) is 7.82. The summed E-state index contributed by atoms with van der Waals surface area (Å²) in [6, 6.07) is 0.534. The topological polar surface area (TPSA) is 66.6 Å². The Morgan fingerprint density at radius 3 is 2.84 bits per heavy atom. The lowest BCUT2D eigenvalue weighted by atomic mass is 9.76. The zero-order valence-corrected chi connectivity index (χ0v) is 12.1. The fourth-order valence-electron chi connectivity index (χ4n) is 3.71. The first kappa shape index (κ1) is 14.8. The van der Waals surface area contributed by atoms with Crippen LogP contribution in [-0.4, -0.2) is 41.1 Å². The molecule has 0 aromatic heterocycles. The van der Waals surface area contributed by atoms with Gasteiger partial charge in [0, 0.05) is 31.2 Å². The average Bonchev–Trinajstić information content (AvgIpc) is 2.87. The van der Waals surface area contributed by atoms with E-state index in [1.807, 2.05) is 0 Å². The van der Waals surface area contributed by atoms with Crippen molar-refractivity contribution in [3.05, 3.63) is 0 Å². The highest BCUT2D eigenvalue weighted by atomic mass is 16.3. The molecule has 4 nitrogen and oxygen atoms in total. The molecule has 2 fully saturated rings. The van der Waals surface area contributed by atoms with E-state index in [4.69, 9.17) is 10.8 Å². The molecule has 1 aliphatic carbocycles. The molecule has 3 N–H and O–H groups in total. The van der Waals surface area contributed by atoms with Crippen LogP contribution in [0.2, 0.25) is 0 Å². The van der Waals surface area contributed by atoms with Crippen LogP contribution in [0.3, 0.4) is 0 Å². The van der Waals surface area contributed by atoms with Gasteiger partial charge in [-0.2, -0.15) is 0 Å². The molecule has 1 heterocycles. The average molecular weight is 268 g/mol. The normalized spacial score (nSPS) is 35.6. The SMILES string of the molecule is CC1C(N)CCCC1C(=O)N1CCCC1CCCO. The van der Waals surface area contributed by atoms with Crippen LogP contribution in [-0.2, 0) is 4.79 Å². The minimum absolute atomic E-state index is 0.124. The summed E-state index contributed by atoms with van der Waals surface area (Å²) in [6.45, 7) is 3.25. The zero-order chi connectivity index (χ0) is 13.8. The predicted molar refractivity (Wildman–Crippen MR) is 75.5 cm³/mol. The van der Waals surface area contributed by atoms with Gasteiger partial charge in [-0.3, -0.25) is 4.79 Å². The van der Waals surface area contributed by atoms with Gasteiger partial charge in [-0.15, -0.1) is 0 Å². The number of likely N-dealkylation sites (tertiary alicyclic amines) is 1. The second-order valence-corrected chi connectivity index (χ2v) is 6.25. The van der Waals surface area contributed by atoms with Gasteiger partial charge in [-0.05, 0) is 44.4 Å². The summed E-state index contributed by atoms with van der Waals surface area (Å²) in [4.78, 5) is 14.8. The number of aliphatic hydroxyl groups excluding tert-OH is 1. The molecule has 4 unspecified atom stereocenters. The number of hydrogen-bond donors (Lipinski definition) is 2. The van der Waals surface area contributed by atoms with E-state index in [0.29, 0.717) is 17.9 Å². The molecule has 110 valence electrons. The quantitative estimate of drug-likeness (QED) is 0.812.